The van der Waals surface area contributed by atoms with Crippen LogP contribution < -0.4 is 10.6 Å². The molecule has 130 valence electrons. The molecule has 2 aromatic rings. The van der Waals surface area contributed by atoms with E-state index in [1.165, 1.54) is 17.7 Å². The van der Waals surface area contributed by atoms with Crippen LogP contribution in [0.25, 0.3) is 0 Å². The van der Waals surface area contributed by atoms with Crippen LogP contribution in [-0.2, 0) is 13.0 Å². The van der Waals surface area contributed by atoms with Crippen LogP contribution in [0.5, 0.6) is 0 Å². The van der Waals surface area contributed by atoms with Crippen LogP contribution in [0.3, 0.4) is 0 Å². The molecule has 0 saturated carbocycles. The molecule has 0 unspecified atom stereocenters. The first-order valence-electron chi connectivity index (χ1n) is 8.04. The number of halogens is 2. The Bertz CT molecular complexity index is 643. The third-order valence-corrected chi connectivity index (χ3v) is 3.98. The predicted molar refractivity (Wildman–Crippen MR) is 91.8 cm³/mol. The van der Waals surface area contributed by atoms with Gasteiger partial charge in [-0.3, -0.25) is 0 Å². The van der Waals surface area contributed by atoms with E-state index in [4.69, 9.17) is 0 Å². The highest BCUT2D eigenvalue weighted by molar-refractivity contribution is 5.22. The van der Waals surface area contributed by atoms with Gasteiger partial charge in [0.1, 0.15) is 11.6 Å². The topological polar surface area (TPSA) is 44.3 Å². The van der Waals surface area contributed by atoms with E-state index >= 15 is 0 Å². The normalized spacial score (nSPS) is 13.7. The van der Waals surface area contributed by atoms with Crippen LogP contribution in [-0.4, -0.2) is 30.8 Å². The van der Waals surface area contributed by atoms with Crippen molar-refractivity contribution in [1.82, 2.24) is 10.6 Å². The first-order chi connectivity index (χ1) is 11.5. The number of aryl methyl sites for hydroxylation is 1. The number of likely N-dealkylation sites (N-methyl/N-ethyl adjacent to an activating group) is 1. The van der Waals surface area contributed by atoms with Gasteiger partial charge in [-0.2, -0.15) is 0 Å². The quantitative estimate of drug-likeness (QED) is 0.695. The minimum atomic E-state index is -0.675. The first-order valence-corrected chi connectivity index (χ1v) is 8.04. The molecule has 2 atom stereocenters. The predicted octanol–water partition coefficient (Wildman–Crippen LogP) is 2.55. The highest BCUT2D eigenvalue weighted by Gasteiger charge is 2.18. The fourth-order valence-electron chi connectivity index (χ4n) is 2.74. The molecule has 3 N–H and O–H groups in total. The number of aliphatic hydroxyl groups excluding tert-OH is 1. The van der Waals surface area contributed by atoms with E-state index in [1.54, 1.807) is 7.05 Å². The minimum absolute atomic E-state index is 0.295. The van der Waals surface area contributed by atoms with Crippen molar-refractivity contribution in [3.8, 4) is 0 Å². The van der Waals surface area contributed by atoms with Gasteiger partial charge in [-0.05, 0) is 43.7 Å². The van der Waals surface area contributed by atoms with Crippen molar-refractivity contribution < 1.29 is 13.9 Å². The monoisotopic (exact) mass is 334 g/mol. The summed E-state index contributed by atoms with van der Waals surface area (Å²) in [5, 5.41) is 16.6. The lowest BCUT2D eigenvalue weighted by molar-refractivity contribution is 0.128. The van der Waals surface area contributed by atoms with E-state index in [2.05, 4.69) is 16.7 Å². The summed E-state index contributed by atoms with van der Waals surface area (Å²) < 4.78 is 26.5. The largest absolute Gasteiger partial charge is 0.390 e. The molecule has 0 saturated heterocycles. The molecule has 0 heterocycles. The van der Waals surface area contributed by atoms with Gasteiger partial charge >= 0.3 is 0 Å². The van der Waals surface area contributed by atoms with Crippen molar-refractivity contribution in [1.29, 1.82) is 0 Å². The maximum Gasteiger partial charge on any atom is 0.126 e. The maximum absolute atomic E-state index is 13.3. The molecule has 2 rings (SSSR count). The fourth-order valence-corrected chi connectivity index (χ4v) is 2.74. The third-order valence-electron chi connectivity index (χ3n) is 3.98. The number of hydrogen-bond acceptors (Lipinski definition) is 3. The average molecular weight is 334 g/mol. The van der Waals surface area contributed by atoms with Crippen LogP contribution in [0.4, 0.5) is 8.78 Å². The van der Waals surface area contributed by atoms with Gasteiger partial charge in [-0.1, -0.05) is 29.8 Å². The first kappa shape index (κ1) is 18.5. The summed E-state index contributed by atoms with van der Waals surface area (Å²) in [6.45, 7) is 3.08. The molecule has 2 aromatic carbocycles. The Kier molecular flexibility index (Phi) is 6.85. The van der Waals surface area contributed by atoms with E-state index in [-0.39, 0.29) is 6.04 Å². The Balaban J connectivity index is 1.87. The molecule has 0 bridgehead atoms. The van der Waals surface area contributed by atoms with Crippen LogP contribution in [0.15, 0.2) is 42.5 Å². The lowest BCUT2D eigenvalue weighted by atomic mass is 10.0. The Hall–Kier alpha value is -1.82. The summed E-state index contributed by atoms with van der Waals surface area (Å²) in [6, 6.07) is 11.3. The Labute approximate surface area is 141 Å². The van der Waals surface area contributed by atoms with Crippen molar-refractivity contribution in [3.05, 3.63) is 70.8 Å². The number of aliphatic hydroxyl groups is 1. The van der Waals surface area contributed by atoms with Gasteiger partial charge in [0.15, 0.2) is 0 Å². The summed E-state index contributed by atoms with van der Waals surface area (Å²) in [5.41, 5.74) is 2.86. The average Bonchev–Trinajstić information content (AvgIpc) is 2.51. The zero-order valence-corrected chi connectivity index (χ0v) is 14.0. The zero-order valence-electron chi connectivity index (χ0n) is 14.0. The summed E-state index contributed by atoms with van der Waals surface area (Å²) in [4.78, 5) is 0. The summed E-state index contributed by atoms with van der Waals surface area (Å²) >= 11 is 0. The number of nitrogens with one attached hydrogen (secondary N) is 2. The molecule has 0 spiro atoms. The molecule has 0 fully saturated rings. The lowest BCUT2D eigenvalue weighted by Gasteiger charge is -2.23. The summed E-state index contributed by atoms with van der Waals surface area (Å²) in [6.07, 6.45) is -0.329. The van der Waals surface area contributed by atoms with Crippen molar-refractivity contribution in [2.24, 2.45) is 0 Å². The Morgan fingerprint density at radius 1 is 1.04 bits per heavy atom. The Morgan fingerprint density at radius 3 is 2.38 bits per heavy atom. The molecule has 0 aliphatic heterocycles. The summed E-state index contributed by atoms with van der Waals surface area (Å²) in [5.74, 6) is -1.21. The second-order valence-electron chi connectivity index (χ2n) is 6.06. The van der Waals surface area contributed by atoms with Crippen molar-refractivity contribution in [2.45, 2.75) is 32.0 Å². The second-order valence-corrected chi connectivity index (χ2v) is 6.06. The van der Waals surface area contributed by atoms with Gasteiger partial charge in [0.25, 0.3) is 0 Å². The van der Waals surface area contributed by atoms with Crippen molar-refractivity contribution in [3.63, 3.8) is 0 Å². The van der Waals surface area contributed by atoms with Crippen molar-refractivity contribution >= 4 is 0 Å². The van der Waals surface area contributed by atoms with Crippen LogP contribution in [0.1, 0.15) is 16.7 Å². The molecule has 0 amide bonds. The highest BCUT2D eigenvalue weighted by atomic mass is 19.1. The van der Waals surface area contributed by atoms with Gasteiger partial charge in [0.05, 0.1) is 6.10 Å². The molecule has 0 aromatic heterocycles. The van der Waals surface area contributed by atoms with Crippen molar-refractivity contribution in [2.75, 3.05) is 13.6 Å². The van der Waals surface area contributed by atoms with Crippen LogP contribution in [0.2, 0.25) is 0 Å². The molecule has 5 heteroatoms. The standard InChI is InChI=1S/C19H24F2N2O/c1-13-4-3-5-14(6-13)11-23-12-19(24)18(22-2)9-15-7-16(20)10-17(21)8-15/h3-8,10,18-19,22-24H,9,11-12H2,1-2H3/t18-,19+/m0/s1. The molecule has 0 aliphatic rings. The van der Waals surface area contributed by atoms with E-state index in [9.17, 15) is 13.9 Å². The van der Waals surface area contributed by atoms with Gasteiger partial charge in [-0.15, -0.1) is 0 Å². The van der Waals surface area contributed by atoms with Crippen LogP contribution >= 0.6 is 0 Å². The maximum atomic E-state index is 13.3. The van der Waals surface area contributed by atoms with Gasteiger partial charge in [0.2, 0.25) is 0 Å². The highest BCUT2D eigenvalue weighted by Crippen LogP contribution is 2.12. The van der Waals surface area contributed by atoms with Gasteiger partial charge in [0, 0.05) is 25.2 Å². The smallest absolute Gasteiger partial charge is 0.126 e. The Morgan fingerprint density at radius 2 is 1.75 bits per heavy atom. The second kappa shape index (κ2) is 8.87. The van der Waals surface area contributed by atoms with E-state index in [1.807, 2.05) is 25.1 Å². The third kappa shape index (κ3) is 5.67. The number of rotatable bonds is 8. The number of hydrogen-bond donors (Lipinski definition) is 3. The molecular formula is C19H24F2N2O. The van der Waals surface area contributed by atoms with Gasteiger partial charge < -0.3 is 15.7 Å². The molecule has 0 radical (unpaired) electrons. The molecule has 0 aliphatic carbocycles. The number of benzene rings is 2. The molecule has 3 nitrogen and oxygen atoms in total. The molecular weight excluding hydrogens is 310 g/mol. The SMILES string of the molecule is CN[C@@H](Cc1cc(F)cc(F)c1)[C@H](O)CNCc1cccc(C)c1. The van der Waals surface area contributed by atoms with Gasteiger partial charge in [-0.25, -0.2) is 8.78 Å². The van der Waals surface area contributed by atoms with E-state index in [0.29, 0.717) is 25.1 Å². The summed E-state index contributed by atoms with van der Waals surface area (Å²) in [7, 11) is 1.73. The lowest BCUT2D eigenvalue weighted by Crippen LogP contribution is -2.44. The minimum Gasteiger partial charge on any atom is -0.390 e. The van der Waals surface area contributed by atoms with Crippen LogP contribution in [0, 0.1) is 18.6 Å². The molecule has 24 heavy (non-hydrogen) atoms. The fraction of sp³-hybridized carbons (Fsp3) is 0.368. The zero-order chi connectivity index (χ0) is 17.5. The van der Waals surface area contributed by atoms with E-state index in [0.717, 1.165) is 11.6 Å². The van der Waals surface area contributed by atoms with E-state index < -0.39 is 17.7 Å².